The first kappa shape index (κ1) is 16.4. The van der Waals surface area contributed by atoms with Gasteiger partial charge >= 0.3 is 0 Å². The summed E-state index contributed by atoms with van der Waals surface area (Å²) in [5, 5.41) is 17.5. The molecule has 0 aliphatic carbocycles. The van der Waals surface area contributed by atoms with Gasteiger partial charge in [0.25, 0.3) is 5.78 Å². The highest BCUT2D eigenvalue weighted by Gasteiger charge is 2.35. The van der Waals surface area contributed by atoms with Gasteiger partial charge in [-0.15, -0.1) is 10.2 Å². The largest absolute Gasteiger partial charge is 0.275 e. The minimum absolute atomic E-state index is 0.0592. The van der Waals surface area contributed by atoms with Gasteiger partial charge in [0, 0.05) is 30.4 Å². The quantitative estimate of drug-likeness (QED) is 0.483. The number of aryl methyl sites for hydroxylation is 1. The van der Waals surface area contributed by atoms with Crippen LogP contribution in [0.2, 0.25) is 0 Å². The fraction of sp³-hybridized carbons (Fsp3) is 0.158. The lowest BCUT2D eigenvalue weighted by Gasteiger charge is -2.19. The molecule has 0 fully saturated rings. The van der Waals surface area contributed by atoms with Crippen LogP contribution in [-0.2, 0) is 12.7 Å². The molecule has 0 aliphatic heterocycles. The minimum Gasteiger partial charge on any atom is -0.275 e. The molecule has 0 N–H and O–H groups in total. The van der Waals surface area contributed by atoms with Crippen molar-refractivity contribution in [1.82, 2.24) is 39.6 Å². The topological polar surface area (TPSA) is 86.7 Å². The zero-order valence-electron chi connectivity index (χ0n) is 15.2. The summed E-state index contributed by atoms with van der Waals surface area (Å²) in [5.74, 6) is 0.290. The highest BCUT2D eigenvalue weighted by atomic mass is 19.1. The van der Waals surface area contributed by atoms with E-state index in [9.17, 15) is 0 Å². The molecule has 1 unspecified atom stereocenters. The molecule has 0 amide bonds. The second-order valence-corrected chi connectivity index (χ2v) is 6.70. The smallest absolute Gasteiger partial charge is 0.272 e. The number of aromatic nitrogens is 8. The zero-order valence-corrected chi connectivity index (χ0v) is 15.2. The Balaban J connectivity index is 1.65. The number of alkyl halides is 1. The molecule has 0 aliphatic rings. The molecular weight excluding hydrogens is 359 g/mol. The first-order valence-electron chi connectivity index (χ1n) is 8.64. The van der Waals surface area contributed by atoms with Crippen molar-refractivity contribution in [1.29, 1.82) is 0 Å². The van der Waals surface area contributed by atoms with Gasteiger partial charge in [0.15, 0.2) is 11.5 Å². The second-order valence-electron chi connectivity index (χ2n) is 6.70. The summed E-state index contributed by atoms with van der Waals surface area (Å²) < 4.78 is 19.0. The number of hydrogen-bond donors (Lipinski definition) is 0. The monoisotopic (exact) mass is 374 g/mol. The van der Waals surface area contributed by atoms with Crippen LogP contribution in [-0.4, -0.2) is 39.6 Å². The van der Waals surface area contributed by atoms with Crippen LogP contribution in [0.4, 0.5) is 4.39 Å². The van der Waals surface area contributed by atoms with Gasteiger partial charge < -0.3 is 0 Å². The van der Waals surface area contributed by atoms with Gasteiger partial charge in [-0.2, -0.15) is 14.7 Å². The number of halogens is 1. The molecule has 0 saturated carbocycles. The first-order valence-corrected chi connectivity index (χ1v) is 8.64. The molecule has 138 valence electrons. The molecule has 9 heteroatoms. The van der Waals surface area contributed by atoms with Gasteiger partial charge in [-0.1, -0.05) is 12.1 Å². The van der Waals surface area contributed by atoms with Crippen molar-refractivity contribution < 1.29 is 4.39 Å². The SMILES string of the molecule is Cn1cc(-c2cnc3nnc(C(C)(F)c4ccc5ncccc5c4)n3n2)cn1. The third kappa shape index (κ3) is 2.51. The number of pyridine rings is 1. The lowest BCUT2D eigenvalue weighted by atomic mass is 9.95. The van der Waals surface area contributed by atoms with Crippen LogP contribution in [0.15, 0.2) is 55.1 Å². The summed E-state index contributed by atoms with van der Waals surface area (Å²) in [6.45, 7) is 1.44. The second kappa shape index (κ2) is 5.88. The molecule has 5 aromatic rings. The third-order valence-corrected chi connectivity index (χ3v) is 4.70. The lowest BCUT2D eigenvalue weighted by molar-refractivity contribution is 0.231. The van der Waals surface area contributed by atoms with Gasteiger partial charge in [0.2, 0.25) is 0 Å². The molecule has 0 radical (unpaired) electrons. The first-order chi connectivity index (χ1) is 13.5. The summed E-state index contributed by atoms with van der Waals surface area (Å²) in [4.78, 5) is 8.54. The van der Waals surface area contributed by atoms with E-state index < -0.39 is 5.67 Å². The molecular formula is C19H15FN8. The van der Waals surface area contributed by atoms with Crippen molar-refractivity contribution >= 4 is 16.7 Å². The van der Waals surface area contributed by atoms with E-state index in [1.807, 2.05) is 25.4 Å². The van der Waals surface area contributed by atoms with E-state index in [1.165, 1.54) is 11.4 Å². The Bertz CT molecular complexity index is 1320. The van der Waals surface area contributed by atoms with E-state index in [-0.39, 0.29) is 11.6 Å². The van der Waals surface area contributed by atoms with Crippen molar-refractivity contribution in [3.05, 3.63) is 66.5 Å². The Morgan fingerprint density at radius 1 is 1.07 bits per heavy atom. The van der Waals surface area contributed by atoms with Crippen LogP contribution in [0.5, 0.6) is 0 Å². The predicted octanol–water partition coefficient (Wildman–Crippen LogP) is 2.70. The normalized spacial score (nSPS) is 13.8. The third-order valence-electron chi connectivity index (χ3n) is 4.70. The summed E-state index contributed by atoms with van der Waals surface area (Å²) in [6, 6.07) is 8.97. The molecule has 4 aromatic heterocycles. The number of nitrogens with zero attached hydrogens (tertiary/aromatic N) is 8. The van der Waals surface area contributed by atoms with E-state index in [2.05, 4.69) is 30.4 Å². The van der Waals surface area contributed by atoms with Crippen molar-refractivity contribution in [3.63, 3.8) is 0 Å². The van der Waals surface area contributed by atoms with Gasteiger partial charge in [-0.05, 0) is 30.7 Å². The van der Waals surface area contributed by atoms with Crippen LogP contribution in [0.1, 0.15) is 18.3 Å². The standard InChI is InChI=1S/C19H15FN8/c1-19(20,14-5-6-15-12(8-14)4-3-7-21-15)17-24-25-18-22-10-16(26-28(17)18)13-9-23-27(2)11-13/h3-11H,1-2H3. The van der Waals surface area contributed by atoms with Gasteiger partial charge in [0.05, 0.1) is 17.9 Å². The van der Waals surface area contributed by atoms with Crippen molar-refractivity contribution in [2.45, 2.75) is 12.6 Å². The molecule has 0 spiro atoms. The Kier molecular flexibility index (Phi) is 3.45. The average molecular weight is 374 g/mol. The fourth-order valence-corrected chi connectivity index (χ4v) is 3.17. The van der Waals surface area contributed by atoms with Gasteiger partial charge in [0.1, 0.15) is 5.69 Å². The summed E-state index contributed by atoms with van der Waals surface area (Å²) >= 11 is 0. The van der Waals surface area contributed by atoms with E-state index in [0.29, 0.717) is 11.3 Å². The molecule has 4 heterocycles. The summed E-state index contributed by atoms with van der Waals surface area (Å²) in [7, 11) is 1.81. The van der Waals surface area contributed by atoms with Crippen LogP contribution in [0.25, 0.3) is 27.9 Å². The van der Waals surface area contributed by atoms with Crippen molar-refractivity contribution in [3.8, 4) is 11.3 Å². The molecule has 28 heavy (non-hydrogen) atoms. The lowest BCUT2D eigenvalue weighted by Crippen LogP contribution is -2.22. The minimum atomic E-state index is -1.92. The van der Waals surface area contributed by atoms with Crippen molar-refractivity contribution in [2.24, 2.45) is 7.05 Å². The number of fused-ring (bicyclic) bond motifs is 2. The maximum Gasteiger partial charge on any atom is 0.272 e. The Hall–Kier alpha value is -3.75. The Morgan fingerprint density at radius 2 is 1.96 bits per heavy atom. The fourth-order valence-electron chi connectivity index (χ4n) is 3.17. The summed E-state index contributed by atoms with van der Waals surface area (Å²) in [6.07, 6.45) is 6.76. The predicted molar refractivity (Wildman–Crippen MR) is 100 cm³/mol. The van der Waals surface area contributed by atoms with E-state index in [0.717, 1.165) is 16.5 Å². The van der Waals surface area contributed by atoms with E-state index in [1.54, 1.807) is 41.5 Å². The number of hydrogen-bond acceptors (Lipinski definition) is 6. The van der Waals surface area contributed by atoms with Crippen LogP contribution in [0, 0.1) is 0 Å². The van der Waals surface area contributed by atoms with Crippen LogP contribution < -0.4 is 0 Å². The molecule has 0 bridgehead atoms. The molecule has 0 saturated heterocycles. The van der Waals surface area contributed by atoms with E-state index >= 15 is 4.39 Å². The maximum absolute atomic E-state index is 16.0. The number of benzene rings is 1. The number of rotatable bonds is 3. The maximum atomic E-state index is 16.0. The Morgan fingerprint density at radius 3 is 2.79 bits per heavy atom. The van der Waals surface area contributed by atoms with Crippen LogP contribution >= 0.6 is 0 Å². The summed E-state index contributed by atoms with van der Waals surface area (Å²) in [5.41, 5.74) is 0.642. The van der Waals surface area contributed by atoms with Crippen molar-refractivity contribution in [2.75, 3.05) is 0 Å². The molecule has 1 aromatic carbocycles. The molecule has 5 rings (SSSR count). The molecule has 1 atom stereocenters. The highest BCUT2D eigenvalue weighted by Crippen LogP contribution is 2.33. The van der Waals surface area contributed by atoms with Gasteiger partial charge in [-0.3, -0.25) is 9.67 Å². The van der Waals surface area contributed by atoms with Crippen LogP contribution in [0.3, 0.4) is 0 Å². The molecule has 8 nitrogen and oxygen atoms in total. The Labute approximate surface area is 158 Å². The highest BCUT2D eigenvalue weighted by molar-refractivity contribution is 5.79. The zero-order chi connectivity index (χ0) is 19.3. The van der Waals surface area contributed by atoms with Gasteiger partial charge in [-0.25, -0.2) is 9.37 Å². The average Bonchev–Trinajstić information content (AvgIpc) is 3.33. The van der Waals surface area contributed by atoms with E-state index in [4.69, 9.17) is 0 Å².